The summed E-state index contributed by atoms with van der Waals surface area (Å²) < 4.78 is 32.3. The second-order valence-electron chi connectivity index (χ2n) is 4.25. The van der Waals surface area contributed by atoms with E-state index in [0.717, 1.165) is 17.0 Å². The Bertz CT molecular complexity index is 517. The second-order valence-corrected chi connectivity index (χ2v) is 5.16. The predicted molar refractivity (Wildman–Crippen MR) is 75.9 cm³/mol. The molecule has 0 fully saturated rings. The fourth-order valence-corrected chi connectivity index (χ4v) is 1.97. The first-order valence-electron chi connectivity index (χ1n) is 6.02. The highest BCUT2D eigenvalue weighted by Gasteiger charge is 2.22. The van der Waals surface area contributed by atoms with Crippen molar-refractivity contribution in [2.45, 2.75) is 0 Å². The van der Waals surface area contributed by atoms with Gasteiger partial charge in [-0.2, -0.15) is 0 Å². The number of benzene rings is 1. The van der Waals surface area contributed by atoms with Gasteiger partial charge in [0.1, 0.15) is 17.2 Å². The first-order chi connectivity index (χ1) is 9.86. The van der Waals surface area contributed by atoms with Gasteiger partial charge < -0.3 is 15.0 Å². The minimum atomic E-state index is -0.987. The summed E-state index contributed by atoms with van der Waals surface area (Å²) >= 11 is 2.93. The van der Waals surface area contributed by atoms with Gasteiger partial charge in [0.2, 0.25) is 5.91 Å². The van der Waals surface area contributed by atoms with Crippen molar-refractivity contribution in [1.29, 1.82) is 0 Å². The van der Waals surface area contributed by atoms with Crippen molar-refractivity contribution in [2.75, 3.05) is 33.9 Å². The average Bonchev–Trinajstić information content (AvgIpc) is 2.37. The Kier molecular flexibility index (Phi) is 6.70. The highest BCUT2D eigenvalue weighted by Crippen LogP contribution is 2.20. The molecule has 8 heteroatoms. The molecule has 2 amide bonds. The van der Waals surface area contributed by atoms with Crippen LogP contribution < -0.4 is 5.32 Å². The van der Waals surface area contributed by atoms with Crippen LogP contribution in [0.3, 0.4) is 0 Å². The number of methoxy groups -OCH3 is 1. The van der Waals surface area contributed by atoms with Gasteiger partial charge in [-0.25, -0.2) is 8.78 Å². The van der Waals surface area contributed by atoms with Crippen LogP contribution in [0.2, 0.25) is 0 Å². The van der Waals surface area contributed by atoms with Gasteiger partial charge in [-0.15, -0.1) is 0 Å². The summed E-state index contributed by atoms with van der Waals surface area (Å²) in [6, 6.07) is 1.98. The fourth-order valence-electron chi connectivity index (χ4n) is 1.57. The number of halogens is 3. The summed E-state index contributed by atoms with van der Waals surface area (Å²) in [5.74, 6) is -3.32. The van der Waals surface area contributed by atoms with Gasteiger partial charge in [-0.05, 0) is 12.1 Å². The van der Waals surface area contributed by atoms with Gasteiger partial charge in [0.05, 0.1) is 13.2 Å². The fraction of sp³-hybridized carbons (Fsp3) is 0.385. The van der Waals surface area contributed by atoms with E-state index in [4.69, 9.17) is 4.74 Å². The van der Waals surface area contributed by atoms with Crippen LogP contribution >= 0.6 is 15.9 Å². The lowest BCUT2D eigenvalue weighted by atomic mass is 10.1. The third-order valence-corrected chi connectivity index (χ3v) is 3.03. The summed E-state index contributed by atoms with van der Waals surface area (Å²) in [6.07, 6.45) is 0. The standard InChI is InChI=1S/C13H15BrF2N2O3/c1-18(7-11(19)17-3-4-21-2)13(20)12-9(15)5-8(14)6-10(12)16/h5-6H,3-4,7H2,1-2H3,(H,17,19). The van der Waals surface area contributed by atoms with E-state index in [1.165, 1.54) is 14.2 Å². The maximum absolute atomic E-state index is 13.7. The van der Waals surface area contributed by atoms with Crippen LogP contribution in [0.5, 0.6) is 0 Å². The molecule has 0 aliphatic heterocycles. The molecule has 0 saturated heterocycles. The molecule has 1 aromatic rings. The monoisotopic (exact) mass is 364 g/mol. The van der Waals surface area contributed by atoms with Crippen LogP contribution in [0.1, 0.15) is 10.4 Å². The Labute approximate surface area is 129 Å². The number of nitrogens with one attached hydrogen (secondary N) is 1. The van der Waals surface area contributed by atoms with E-state index in [0.29, 0.717) is 13.2 Å². The number of hydrogen-bond donors (Lipinski definition) is 1. The minimum absolute atomic E-state index is 0.189. The molecule has 1 rings (SSSR count). The van der Waals surface area contributed by atoms with Crippen LogP contribution in [-0.2, 0) is 9.53 Å². The number of likely N-dealkylation sites (N-methyl/N-ethyl adjacent to an activating group) is 1. The van der Waals surface area contributed by atoms with Crippen molar-refractivity contribution < 1.29 is 23.1 Å². The Morgan fingerprint density at radius 1 is 1.33 bits per heavy atom. The van der Waals surface area contributed by atoms with Crippen molar-refractivity contribution in [3.8, 4) is 0 Å². The van der Waals surface area contributed by atoms with E-state index in [1.54, 1.807) is 0 Å². The molecule has 0 heterocycles. The number of rotatable bonds is 6. The van der Waals surface area contributed by atoms with Crippen LogP contribution in [0, 0.1) is 11.6 Å². The van der Waals surface area contributed by atoms with Crippen LogP contribution in [-0.4, -0.2) is 50.6 Å². The molecule has 0 radical (unpaired) electrons. The summed E-state index contributed by atoms with van der Waals surface area (Å²) in [5.41, 5.74) is -0.689. The predicted octanol–water partition coefficient (Wildman–Crippen LogP) is 1.56. The van der Waals surface area contributed by atoms with E-state index in [1.807, 2.05) is 0 Å². The van der Waals surface area contributed by atoms with Crippen molar-refractivity contribution in [3.05, 3.63) is 33.8 Å². The van der Waals surface area contributed by atoms with Crippen molar-refractivity contribution in [1.82, 2.24) is 10.2 Å². The molecule has 0 aromatic heterocycles. The first-order valence-corrected chi connectivity index (χ1v) is 6.81. The lowest BCUT2D eigenvalue weighted by Crippen LogP contribution is -2.39. The Morgan fingerprint density at radius 2 is 1.90 bits per heavy atom. The molecule has 0 spiro atoms. The highest BCUT2D eigenvalue weighted by atomic mass is 79.9. The molecule has 0 aliphatic rings. The summed E-state index contributed by atoms with van der Waals surface area (Å²) in [7, 11) is 2.78. The second kappa shape index (κ2) is 8.04. The van der Waals surface area contributed by atoms with Gasteiger partial charge in [-0.1, -0.05) is 15.9 Å². The first kappa shape index (κ1) is 17.5. The van der Waals surface area contributed by atoms with E-state index < -0.39 is 29.0 Å². The number of ether oxygens (including phenoxy) is 1. The van der Waals surface area contributed by atoms with Crippen molar-refractivity contribution in [2.24, 2.45) is 0 Å². The lowest BCUT2D eigenvalue weighted by molar-refractivity contribution is -0.121. The average molecular weight is 365 g/mol. The van der Waals surface area contributed by atoms with E-state index >= 15 is 0 Å². The lowest BCUT2D eigenvalue weighted by Gasteiger charge is -2.17. The number of carbonyl (C=O) groups excluding carboxylic acids is 2. The van der Waals surface area contributed by atoms with Gasteiger partial charge in [0, 0.05) is 25.2 Å². The van der Waals surface area contributed by atoms with Crippen LogP contribution in [0.15, 0.2) is 16.6 Å². The van der Waals surface area contributed by atoms with E-state index in [2.05, 4.69) is 21.2 Å². The minimum Gasteiger partial charge on any atom is -0.383 e. The van der Waals surface area contributed by atoms with E-state index in [-0.39, 0.29) is 11.0 Å². The van der Waals surface area contributed by atoms with Crippen LogP contribution in [0.25, 0.3) is 0 Å². The van der Waals surface area contributed by atoms with Gasteiger partial charge in [0.25, 0.3) is 5.91 Å². The Morgan fingerprint density at radius 3 is 2.43 bits per heavy atom. The molecule has 0 bridgehead atoms. The van der Waals surface area contributed by atoms with Gasteiger partial charge in [0.15, 0.2) is 0 Å². The molecule has 0 unspecified atom stereocenters. The maximum atomic E-state index is 13.7. The molecule has 116 valence electrons. The zero-order valence-corrected chi connectivity index (χ0v) is 13.2. The number of nitrogens with zero attached hydrogens (tertiary/aromatic N) is 1. The summed E-state index contributed by atoms with van der Waals surface area (Å²) in [6.45, 7) is 0.315. The number of hydrogen-bond acceptors (Lipinski definition) is 3. The van der Waals surface area contributed by atoms with Gasteiger partial charge in [-0.3, -0.25) is 9.59 Å². The summed E-state index contributed by atoms with van der Waals surface area (Å²) in [5, 5.41) is 2.51. The molecule has 0 atom stereocenters. The topological polar surface area (TPSA) is 58.6 Å². The highest BCUT2D eigenvalue weighted by molar-refractivity contribution is 9.10. The number of carbonyl (C=O) groups is 2. The molecule has 1 N–H and O–H groups in total. The molecular formula is C13H15BrF2N2O3. The normalized spacial score (nSPS) is 10.3. The van der Waals surface area contributed by atoms with Crippen LogP contribution in [0.4, 0.5) is 8.78 Å². The zero-order chi connectivity index (χ0) is 16.0. The van der Waals surface area contributed by atoms with Crippen molar-refractivity contribution in [3.63, 3.8) is 0 Å². The molecule has 1 aromatic carbocycles. The molecule has 5 nitrogen and oxygen atoms in total. The third-order valence-electron chi connectivity index (χ3n) is 2.58. The molecule has 0 aliphatic carbocycles. The molecule has 21 heavy (non-hydrogen) atoms. The smallest absolute Gasteiger partial charge is 0.260 e. The third kappa shape index (κ3) is 5.05. The Hall–Kier alpha value is -1.54. The largest absolute Gasteiger partial charge is 0.383 e. The zero-order valence-electron chi connectivity index (χ0n) is 11.6. The summed E-state index contributed by atoms with van der Waals surface area (Å²) in [4.78, 5) is 24.5. The molecule has 0 saturated carbocycles. The Balaban J connectivity index is 2.73. The van der Waals surface area contributed by atoms with Crippen molar-refractivity contribution >= 4 is 27.7 Å². The molecular weight excluding hydrogens is 350 g/mol. The number of amides is 2. The van der Waals surface area contributed by atoms with Gasteiger partial charge >= 0.3 is 0 Å². The maximum Gasteiger partial charge on any atom is 0.260 e. The van der Waals surface area contributed by atoms with E-state index in [9.17, 15) is 18.4 Å². The SMILES string of the molecule is COCCNC(=O)CN(C)C(=O)c1c(F)cc(Br)cc1F. The quantitative estimate of drug-likeness (QED) is 0.779.